The highest BCUT2D eigenvalue weighted by molar-refractivity contribution is 5.80. The van der Waals surface area contributed by atoms with E-state index in [1.54, 1.807) is 7.11 Å². The van der Waals surface area contributed by atoms with Crippen LogP contribution >= 0.6 is 0 Å². The molecule has 0 fully saturated rings. The fourth-order valence-corrected chi connectivity index (χ4v) is 1.86. The Labute approximate surface area is 121 Å². The highest BCUT2D eigenvalue weighted by Gasteiger charge is 2.03. The number of methoxy groups -OCH3 is 1. The summed E-state index contributed by atoms with van der Waals surface area (Å²) in [5.41, 5.74) is 1.19. The molecular formula is C14H27N5O. The van der Waals surface area contributed by atoms with Crippen LogP contribution in [0.15, 0.2) is 17.4 Å². The third-order valence-electron chi connectivity index (χ3n) is 2.72. The Balaban J connectivity index is 2.34. The Morgan fingerprint density at radius 3 is 2.95 bits per heavy atom. The number of nitrogens with one attached hydrogen (secondary N) is 2. The second kappa shape index (κ2) is 9.36. The molecule has 6 nitrogen and oxygen atoms in total. The first kappa shape index (κ1) is 16.5. The van der Waals surface area contributed by atoms with Crippen LogP contribution in [0.1, 0.15) is 25.8 Å². The molecule has 1 aromatic heterocycles. The average molecular weight is 281 g/mol. The van der Waals surface area contributed by atoms with Gasteiger partial charge in [0.05, 0.1) is 12.8 Å². The molecule has 20 heavy (non-hydrogen) atoms. The Morgan fingerprint density at radius 1 is 1.55 bits per heavy atom. The predicted octanol–water partition coefficient (Wildman–Crippen LogP) is 1.17. The number of aliphatic imine (C=N–C) groups is 1. The van der Waals surface area contributed by atoms with Gasteiger partial charge in [-0.2, -0.15) is 5.10 Å². The molecule has 1 rings (SSSR count). The van der Waals surface area contributed by atoms with Crippen LogP contribution in [0, 0.1) is 6.92 Å². The number of aryl methyl sites for hydroxylation is 2. The standard InChI is InChI=1S/C14H27N5O/c1-5-15-14(18-13(3)11-20-4)16-7-6-8-19-10-12(2)9-17-19/h9-10,13H,5-8,11H2,1-4H3,(H2,15,16,18). The van der Waals surface area contributed by atoms with Crippen LogP contribution in [-0.4, -0.2) is 48.6 Å². The van der Waals surface area contributed by atoms with E-state index in [0.29, 0.717) is 6.61 Å². The van der Waals surface area contributed by atoms with E-state index in [1.165, 1.54) is 5.56 Å². The van der Waals surface area contributed by atoms with Crippen LogP contribution in [0.5, 0.6) is 0 Å². The van der Waals surface area contributed by atoms with Crippen LogP contribution in [-0.2, 0) is 11.3 Å². The van der Waals surface area contributed by atoms with Crippen molar-refractivity contribution in [3.8, 4) is 0 Å². The van der Waals surface area contributed by atoms with Crippen LogP contribution < -0.4 is 10.6 Å². The van der Waals surface area contributed by atoms with Crippen LogP contribution in [0.3, 0.4) is 0 Å². The molecule has 0 bridgehead atoms. The van der Waals surface area contributed by atoms with Gasteiger partial charge in [0, 0.05) is 39.0 Å². The van der Waals surface area contributed by atoms with Crippen molar-refractivity contribution in [2.24, 2.45) is 4.99 Å². The van der Waals surface area contributed by atoms with Crippen molar-refractivity contribution < 1.29 is 4.74 Å². The normalized spacial score (nSPS) is 13.3. The van der Waals surface area contributed by atoms with Crippen molar-refractivity contribution in [2.45, 2.75) is 39.8 Å². The highest BCUT2D eigenvalue weighted by Crippen LogP contribution is 1.96. The molecule has 0 spiro atoms. The minimum absolute atomic E-state index is 0.242. The summed E-state index contributed by atoms with van der Waals surface area (Å²) >= 11 is 0. The van der Waals surface area contributed by atoms with Crippen molar-refractivity contribution in [2.75, 3.05) is 26.8 Å². The number of ether oxygens (including phenoxy) is 1. The Bertz CT molecular complexity index is 402. The molecule has 0 aromatic carbocycles. The lowest BCUT2D eigenvalue weighted by Crippen LogP contribution is -2.44. The van der Waals surface area contributed by atoms with Gasteiger partial charge in [0.15, 0.2) is 5.96 Å². The van der Waals surface area contributed by atoms with Gasteiger partial charge in [-0.1, -0.05) is 0 Å². The molecule has 1 unspecified atom stereocenters. The third kappa shape index (κ3) is 6.56. The number of hydrogen-bond donors (Lipinski definition) is 2. The zero-order chi connectivity index (χ0) is 14.8. The van der Waals surface area contributed by atoms with Crippen molar-refractivity contribution in [3.63, 3.8) is 0 Å². The third-order valence-corrected chi connectivity index (χ3v) is 2.72. The molecule has 0 radical (unpaired) electrons. The van der Waals surface area contributed by atoms with Crippen LogP contribution in [0.25, 0.3) is 0 Å². The van der Waals surface area contributed by atoms with E-state index in [9.17, 15) is 0 Å². The van der Waals surface area contributed by atoms with Gasteiger partial charge in [0.1, 0.15) is 0 Å². The van der Waals surface area contributed by atoms with Gasteiger partial charge in [-0.25, -0.2) is 0 Å². The Hall–Kier alpha value is -1.56. The smallest absolute Gasteiger partial charge is 0.191 e. The molecular weight excluding hydrogens is 254 g/mol. The molecule has 0 saturated heterocycles. The van der Waals surface area contributed by atoms with Gasteiger partial charge in [0.25, 0.3) is 0 Å². The number of guanidine groups is 1. The second-order valence-electron chi connectivity index (χ2n) is 4.90. The number of hydrogen-bond acceptors (Lipinski definition) is 3. The van der Waals surface area contributed by atoms with E-state index < -0.39 is 0 Å². The molecule has 114 valence electrons. The fourth-order valence-electron chi connectivity index (χ4n) is 1.86. The molecule has 2 N–H and O–H groups in total. The van der Waals surface area contributed by atoms with Crippen molar-refractivity contribution in [1.82, 2.24) is 20.4 Å². The summed E-state index contributed by atoms with van der Waals surface area (Å²) in [6.45, 7) is 9.36. The summed E-state index contributed by atoms with van der Waals surface area (Å²) in [6.07, 6.45) is 4.89. The monoisotopic (exact) mass is 281 g/mol. The predicted molar refractivity (Wildman–Crippen MR) is 82.0 cm³/mol. The largest absolute Gasteiger partial charge is 0.383 e. The second-order valence-corrected chi connectivity index (χ2v) is 4.90. The van der Waals surface area contributed by atoms with Crippen molar-refractivity contribution >= 4 is 5.96 Å². The first-order chi connectivity index (χ1) is 9.65. The molecule has 0 aliphatic heterocycles. The topological polar surface area (TPSA) is 63.5 Å². The van der Waals surface area contributed by atoms with Gasteiger partial charge in [-0.3, -0.25) is 9.67 Å². The molecule has 0 saturated carbocycles. The van der Waals surface area contributed by atoms with Gasteiger partial charge in [-0.05, 0) is 32.8 Å². The van der Waals surface area contributed by atoms with Crippen LogP contribution in [0.2, 0.25) is 0 Å². The zero-order valence-electron chi connectivity index (χ0n) is 13.0. The molecule has 1 aromatic rings. The molecule has 0 aliphatic carbocycles. The first-order valence-electron chi connectivity index (χ1n) is 7.18. The molecule has 0 amide bonds. The summed E-state index contributed by atoms with van der Waals surface area (Å²) in [6, 6.07) is 0.242. The molecule has 6 heteroatoms. The van der Waals surface area contributed by atoms with Gasteiger partial charge in [-0.15, -0.1) is 0 Å². The molecule has 0 aliphatic rings. The SMILES string of the molecule is CCNC(=NCCCn1cc(C)cn1)NC(C)COC. The minimum atomic E-state index is 0.242. The van der Waals surface area contributed by atoms with E-state index >= 15 is 0 Å². The first-order valence-corrected chi connectivity index (χ1v) is 7.18. The summed E-state index contributed by atoms with van der Waals surface area (Å²) in [5.74, 6) is 0.841. The summed E-state index contributed by atoms with van der Waals surface area (Å²) in [7, 11) is 1.70. The highest BCUT2D eigenvalue weighted by atomic mass is 16.5. The number of rotatable bonds is 8. The fraction of sp³-hybridized carbons (Fsp3) is 0.714. The maximum Gasteiger partial charge on any atom is 0.191 e. The van der Waals surface area contributed by atoms with E-state index in [2.05, 4.69) is 34.6 Å². The van der Waals surface area contributed by atoms with Gasteiger partial charge >= 0.3 is 0 Å². The summed E-state index contributed by atoms with van der Waals surface area (Å²) in [4.78, 5) is 4.56. The minimum Gasteiger partial charge on any atom is -0.383 e. The molecule has 1 atom stereocenters. The zero-order valence-corrected chi connectivity index (χ0v) is 13.0. The average Bonchev–Trinajstić information content (AvgIpc) is 2.81. The number of aromatic nitrogens is 2. The van der Waals surface area contributed by atoms with Crippen LogP contribution in [0.4, 0.5) is 0 Å². The van der Waals surface area contributed by atoms with Crippen molar-refractivity contribution in [3.05, 3.63) is 18.0 Å². The van der Waals surface area contributed by atoms with E-state index in [1.807, 2.05) is 24.0 Å². The Kier molecular flexibility index (Phi) is 7.72. The Morgan fingerprint density at radius 2 is 2.35 bits per heavy atom. The van der Waals surface area contributed by atoms with E-state index in [4.69, 9.17) is 4.74 Å². The van der Waals surface area contributed by atoms with Gasteiger partial charge < -0.3 is 15.4 Å². The number of nitrogens with zero attached hydrogens (tertiary/aromatic N) is 3. The molecule has 1 heterocycles. The lowest BCUT2D eigenvalue weighted by molar-refractivity contribution is 0.179. The van der Waals surface area contributed by atoms with E-state index in [-0.39, 0.29) is 6.04 Å². The maximum absolute atomic E-state index is 5.11. The maximum atomic E-state index is 5.11. The van der Waals surface area contributed by atoms with Gasteiger partial charge in [0.2, 0.25) is 0 Å². The summed E-state index contributed by atoms with van der Waals surface area (Å²) in [5, 5.41) is 10.8. The lowest BCUT2D eigenvalue weighted by Gasteiger charge is -2.16. The summed E-state index contributed by atoms with van der Waals surface area (Å²) < 4.78 is 7.07. The quantitative estimate of drug-likeness (QED) is 0.426. The lowest BCUT2D eigenvalue weighted by atomic mass is 10.4. The van der Waals surface area contributed by atoms with E-state index in [0.717, 1.165) is 32.0 Å². The van der Waals surface area contributed by atoms with Crippen molar-refractivity contribution in [1.29, 1.82) is 0 Å².